The Hall–Kier alpha value is -1.84. The van der Waals surface area contributed by atoms with E-state index in [9.17, 15) is 9.59 Å². The highest BCUT2D eigenvalue weighted by molar-refractivity contribution is 6.43. The molecule has 2 aliphatic rings. The zero-order valence-electron chi connectivity index (χ0n) is 17.3. The molecule has 1 aliphatic carbocycles. The molecule has 0 aromatic heterocycles. The quantitative estimate of drug-likeness (QED) is 0.448. The van der Waals surface area contributed by atoms with E-state index in [1.807, 2.05) is 12.1 Å². The molecule has 4 heteroatoms. The number of ketones is 1. The summed E-state index contributed by atoms with van der Waals surface area (Å²) in [6, 6.07) is 3.90. The van der Waals surface area contributed by atoms with E-state index in [-0.39, 0.29) is 11.3 Å². The molecule has 1 amide bonds. The van der Waals surface area contributed by atoms with Crippen molar-refractivity contribution in [3.8, 4) is 5.75 Å². The Morgan fingerprint density at radius 3 is 2.15 bits per heavy atom. The SMILES string of the molecule is COc1cc2c(cc1C(=O)C(=O)N1CCC(C(C)(C)C)CC1)CCCCC2. The second-order valence-electron chi connectivity index (χ2n) is 9.14. The zero-order chi connectivity index (χ0) is 19.6. The van der Waals surface area contributed by atoms with Crippen molar-refractivity contribution < 1.29 is 14.3 Å². The van der Waals surface area contributed by atoms with Crippen molar-refractivity contribution in [1.29, 1.82) is 0 Å². The van der Waals surface area contributed by atoms with Crippen LogP contribution in [0, 0.1) is 11.3 Å². The van der Waals surface area contributed by atoms with Gasteiger partial charge >= 0.3 is 0 Å². The van der Waals surface area contributed by atoms with Crippen molar-refractivity contribution >= 4 is 11.7 Å². The Balaban J connectivity index is 1.77. The largest absolute Gasteiger partial charge is 0.496 e. The van der Waals surface area contributed by atoms with E-state index in [4.69, 9.17) is 4.74 Å². The highest BCUT2D eigenvalue weighted by Crippen LogP contribution is 2.35. The summed E-state index contributed by atoms with van der Waals surface area (Å²) in [4.78, 5) is 27.6. The molecule has 3 rings (SSSR count). The fourth-order valence-electron chi connectivity index (χ4n) is 4.49. The number of aryl methyl sites for hydroxylation is 2. The number of nitrogens with zero attached hydrogens (tertiary/aromatic N) is 1. The Morgan fingerprint density at radius 2 is 1.59 bits per heavy atom. The first-order valence-corrected chi connectivity index (χ1v) is 10.3. The molecule has 1 aliphatic heterocycles. The number of hydrogen-bond donors (Lipinski definition) is 0. The number of amides is 1. The lowest BCUT2D eigenvalue weighted by molar-refractivity contribution is -0.128. The molecule has 0 radical (unpaired) electrons. The molecule has 4 nitrogen and oxygen atoms in total. The molecule has 27 heavy (non-hydrogen) atoms. The van der Waals surface area contributed by atoms with Gasteiger partial charge in [0, 0.05) is 13.1 Å². The van der Waals surface area contributed by atoms with Gasteiger partial charge in [0.1, 0.15) is 5.75 Å². The fraction of sp³-hybridized carbons (Fsp3) is 0.652. The van der Waals surface area contributed by atoms with Crippen molar-refractivity contribution in [2.24, 2.45) is 11.3 Å². The summed E-state index contributed by atoms with van der Waals surface area (Å²) in [5.74, 6) is 0.333. The van der Waals surface area contributed by atoms with Crippen LogP contribution in [-0.2, 0) is 17.6 Å². The van der Waals surface area contributed by atoms with Crippen LogP contribution in [-0.4, -0.2) is 36.8 Å². The van der Waals surface area contributed by atoms with E-state index in [2.05, 4.69) is 20.8 Å². The highest BCUT2D eigenvalue weighted by Gasteiger charge is 2.33. The first-order chi connectivity index (χ1) is 12.8. The van der Waals surface area contributed by atoms with Crippen LogP contribution in [0.1, 0.15) is 74.4 Å². The summed E-state index contributed by atoms with van der Waals surface area (Å²) >= 11 is 0. The summed E-state index contributed by atoms with van der Waals surface area (Å²) < 4.78 is 5.48. The number of hydrogen-bond acceptors (Lipinski definition) is 3. The number of carbonyl (C=O) groups is 2. The molecule has 1 aromatic rings. The minimum atomic E-state index is -0.423. The Kier molecular flexibility index (Phi) is 5.92. The van der Waals surface area contributed by atoms with Crippen LogP contribution in [0.25, 0.3) is 0 Å². The van der Waals surface area contributed by atoms with Crippen LogP contribution in [0.15, 0.2) is 12.1 Å². The van der Waals surface area contributed by atoms with Gasteiger partial charge < -0.3 is 9.64 Å². The Morgan fingerprint density at radius 1 is 1.00 bits per heavy atom. The van der Waals surface area contributed by atoms with Gasteiger partial charge in [0.25, 0.3) is 11.7 Å². The number of fused-ring (bicyclic) bond motifs is 1. The van der Waals surface area contributed by atoms with Gasteiger partial charge in [-0.25, -0.2) is 0 Å². The van der Waals surface area contributed by atoms with Gasteiger partial charge in [-0.15, -0.1) is 0 Å². The third kappa shape index (κ3) is 4.36. The van der Waals surface area contributed by atoms with Gasteiger partial charge in [-0.1, -0.05) is 27.2 Å². The number of piperidine rings is 1. The van der Waals surface area contributed by atoms with Crippen LogP contribution in [0.4, 0.5) is 0 Å². The van der Waals surface area contributed by atoms with Crippen LogP contribution in [0.5, 0.6) is 5.75 Å². The van der Waals surface area contributed by atoms with Gasteiger partial charge in [0.15, 0.2) is 0 Å². The molecular weight excluding hydrogens is 338 g/mol. The molecule has 0 N–H and O–H groups in total. The van der Waals surface area contributed by atoms with Crippen molar-refractivity contribution in [3.05, 3.63) is 28.8 Å². The monoisotopic (exact) mass is 371 g/mol. The molecule has 148 valence electrons. The van der Waals surface area contributed by atoms with Gasteiger partial charge in [0.2, 0.25) is 0 Å². The molecule has 0 unspecified atom stereocenters. The highest BCUT2D eigenvalue weighted by atomic mass is 16.5. The first-order valence-electron chi connectivity index (χ1n) is 10.3. The molecular formula is C23H33NO3. The zero-order valence-corrected chi connectivity index (χ0v) is 17.3. The normalized spacial score (nSPS) is 18.6. The molecule has 1 aromatic carbocycles. The second kappa shape index (κ2) is 8.04. The summed E-state index contributed by atoms with van der Waals surface area (Å²) in [6.45, 7) is 8.09. The standard InChI is InChI=1S/C23H33NO3/c1-23(2,3)18-10-12-24(13-11-18)22(26)21(25)19-14-16-8-6-5-7-9-17(16)15-20(19)27-4/h14-15,18H,5-13H2,1-4H3. The van der Waals surface area contributed by atoms with E-state index >= 15 is 0 Å². The third-order valence-electron chi connectivity index (χ3n) is 6.36. The fourth-order valence-corrected chi connectivity index (χ4v) is 4.49. The Bertz CT molecular complexity index is 709. The predicted octanol–water partition coefficient (Wildman–Crippen LogP) is 4.43. The molecule has 1 saturated heterocycles. The molecule has 0 spiro atoms. The van der Waals surface area contributed by atoms with Crippen molar-refractivity contribution in [3.63, 3.8) is 0 Å². The van der Waals surface area contributed by atoms with E-state index < -0.39 is 5.78 Å². The van der Waals surface area contributed by atoms with Gasteiger partial charge in [-0.05, 0) is 73.1 Å². The van der Waals surface area contributed by atoms with Crippen molar-refractivity contribution in [2.75, 3.05) is 20.2 Å². The number of rotatable bonds is 3. The van der Waals surface area contributed by atoms with E-state index in [1.165, 1.54) is 24.0 Å². The van der Waals surface area contributed by atoms with E-state index in [1.54, 1.807) is 12.0 Å². The minimum absolute atomic E-state index is 0.249. The van der Waals surface area contributed by atoms with Crippen LogP contribution in [0.2, 0.25) is 0 Å². The molecule has 1 fully saturated rings. The number of carbonyl (C=O) groups excluding carboxylic acids is 2. The topological polar surface area (TPSA) is 46.6 Å². The molecule has 1 heterocycles. The molecule has 0 atom stereocenters. The lowest BCUT2D eigenvalue weighted by Crippen LogP contribution is -2.44. The van der Waals surface area contributed by atoms with Crippen molar-refractivity contribution in [2.45, 2.75) is 65.7 Å². The lowest BCUT2D eigenvalue weighted by Gasteiger charge is -2.38. The van der Waals surface area contributed by atoms with Crippen LogP contribution < -0.4 is 4.74 Å². The van der Waals surface area contributed by atoms with Gasteiger partial charge in [0.05, 0.1) is 12.7 Å². The second-order valence-corrected chi connectivity index (χ2v) is 9.14. The minimum Gasteiger partial charge on any atom is -0.496 e. The number of ether oxygens (including phenoxy) is 1. The number of benzene rings is 1. The molecule has 0 saturated carbocycles. The maximum atomic E-state index is 13.0. The first kappa shape index (κ1) is 19.9. The average molecular weight is 372 g/mol. The lowest BCUT2D eigenvalue weighted by atomic mass is 9.75. The predicted molar refractivity (Wildman–Crippen MR) is 107 cm³/mol. The summed E-state index contributed by atoms with van der Waals surface area (Å²) in [5, 5.41) is 0. The number of Topliss-reactive ketones (excluding diaryl/α,β-unsaturated/α-hetero) is 1. The van der Waals surface area contributed by atoms with Crippen LogP contribution in [0.3, 0.4) is 0 Å². The van der Waals surface area contributed by atoms with E-state index in [0.29, 0.717) is 30.3 Å². The number of methoxy groups -OCH3 is 1. The smallest absolute Gasteiger partial charge is 0.295 e. The van der Waals surface area contributed by atoms with Gasteiger partial charge in [-0.2, -0.15) is 0 Å². The summed E-state index contributed by atoms with van der Waals surface area (Å²) in [5.41, 5.74) is 3.15. The third-order valence-corrected chi connectivity index (χ3v) is 6.36. The van der Waals surface area contributed by atoms with Crippen LogP contribution >= 0.6 is 0 Å². The van der Waals surface area contributed by atoms with E-state index in [0.717, 1.165) is 32.1 Å². The molecule has 0 bridgehead atoms. The van der Waals surface area contributed by atoms with Gasteiger partial charge in [-0.3, -0.25) is 9.59 Å². The summed E-state index contributed by atoms with van der Waals surface area (Å²) in [7, 11) is 1.58. The maximum Gasteiger partial charge on any atom is 0.295 e. The van der Waals surface area contributed by atoms with Crippen molar-refractivity contribution in [1.82, 2.24) is 4.90 Å². The summed E-state index contributed by atoms with van der Waals surface area (Å²) in [6.07, 6.45) is 7.45. The Labute approximate surface area is 163 Å². The number of likely N-dealkylation sites (tertiary alicyclic amines) is 1. The maximum absolute atomic E-state index is 13.0. The average Bonchev–Trinajstić information content (AvgIpc) is 2.89.